The van der Waals surface area contributed by atoms with E-state index in [1.165, 1.54) is 18.2 Å². The van der Waals surface area contributed by atoms with Gasteiger partial charge in [0.1, 0.15) is 5.69 Å². The second kappa shape index (κ2) is 7.37. The van der Waals surface area contributed by atoms with Crippen LogP contribution in [0.5, 0.6) is 0 Å². The monoisotopic (exact) mass is 433 g/mol. The van der Waals surface area contributed by atoms with Crippen molar-refractivity contribution in [1.82, 2.24) is 0 Å². The smallest absolute Gasteiger partial charge is 0.294 e. The molecule has 2 N–H and O–H groups in total. The van der Waals surface area contributed by atoms with Crippen LogP contribution in [-0.2, 0) is 10.0 Å². The van der Waals surface area contributed by atoms with Gasteiger partial charge in [0, 0.05) is 17.9 Å². The van der Waals surface area contributed by atoms with E-state index in [-0.39, 0.29) is 27.8 Å². The molecular formula is C14H13BrClN3O4S. The van der Waals surface area contributed by atoms with Crippen molar-refractivity contribution in [3.63, 3.8) is 0 Å². The number of anilines is 2. The second-order valence-corrected chi connectivity index (χ2v) is 7.76. The first-order valence-electron chi connectivity index (χ1n) is 6.66. The lowest BCUT2D eigenvalue weighted by molar-refractivity contribution is -0.383. The summed E-state index contributed by atoms with van der Waals surface area (Å²) in [4.78, 5) is 10.5. The lowest BCUT2D eigenvalue weighted by atomic mass is 10.2. The topological polar surface area (TPSA) is 107 Å². The zero-order chi connectivity index (χ0) is 17.9. The molecule has 0 aliphatic rings. The number of nitro groups is 1. The number of nitrogens with two attached hydrogens (primary N) is 1. The van der Waals surface area contributed by atoms with E-state index in [0.29, 0.717) is 5.33 Å². The molecule has 0 aliphatic carbocycles. The van der Waals surface area contributed by atoms with Crippen molar-refractivity contribution < 1.29 is 13.3 Å². The summed E-state index contributed by atoms with van der Waals surface area (Å²) < 4.78 is 26.8. The number of halogens is 2. The number of nitrogens with zero attached hydrogens (tertiary/aromatic N) is 2. The average molecular weight is 435 g/mol. The van der Waals surface area contributed by atoms with Gasteiger partial charge in [0.15, 0.2) is 0 Å². The Labute approximate surface area is 152 Å². The summed E-state index contributed by atoms with van der Waals surface area (Å²) in [5.41, 5.74) is 5.04. The van der Waals surface area contributed by atoms with Crippen molar-refractivity contribution >= 4 is 54.6 Å². The van der Waals surface area contributed by atoms with Gasteiger partial charge in [-0.25, -0.2) is 8.42 Å². The summed E-state index contributed by atoms with van der Waals surface area (Å²) in [6.45, 7) is 0.0397. The number of nitrogen functional groups attached to an aromatic ring is 1. The number of sulfonamides is 1. The van der Waals surface area contributed by atoms with Crippen molar-refractivity contribution in [2.24, 2.45) is 0 Å². The van der Waals surface area contributed by atoms with Crippen LogP contribution < -0.4 is 10.0 Å². The normalized spacial score (nSPS) is 11.2. The van der Waals surface area contributed by atoms with Gasteiger partial charge in [-0.3, -0.25) is 14.4 Å². The van der Waals surface area contributed by atoms with E-state index in [1.54, 1.807) is 18.2 Å². The predicted octanol–water partition coefficient (Wildman–Crippen LogP) is 3.42. The molecule has 2 rings (SSSR count). The zero-order valence-corrected chi connectivity index (χ0v) is 15.4. The summed E-state index contributed by atoms with van der Waals surface area (Å²) in [6.07, 6.45) is 0. The molecule has 0 amide bonds. The molecule has 0 bridgehead atoms. The molecule has 0 radical (unpaired) electrons. The third kappa shape index (κ3) is 3.63. The van der Waals surface area contributed by atoms with Gasteiger partial charge in [-0.05, 0) is 18.2 Å². The maximum atomic E-state index is 12.9. The molecule has 0 spiro atoms. The van der Waals surface area contributed by atoms with E-state index in [2.05, 4.69) is 15.9 Å². The molecule has 0 unspecified atom stereocenters. The molecule has 2 aromatic carbocycles. The lowest BCUT2D eigenvalue weighted by Crippen LogP contribution is -2.33. The van der Waals surface area contributed by atoms with Gasteiger partial charge >= 0.3 is 0 Å². The van der Waals surface area contributed by atoms with Crippen molar-refractivity contribution in [2.45, 2.75) is 4.90 Å². The van der Waals surface area contributed by atoms with Gasteiger partial charge in [0.25, 0.3) is 15.7 Å². The molecule has 0 aromatic heterocycles. The number of benzene rings is 2. The number of hydrogen-bond acceptors (Lipinski definition) is 5. The number of hydrogen-bond donors (Lipinski definition) is 1. The van der Waals surface area contributed by atoms with Gasteiger partial charge in [0.2, 0.25) is 0 Å². The van der Waals surface area contributed by atoms with Gasteiger partial charge in [-0.2, -0.15) is 0 Å². The number of nitro benzene ring substituents is 1. The number of rotatable bonds is 6. The van der Waals surface area contributed by atoms with Crippen LogP contribution in [0.15, 0.2) is 47.4 Å². The van der Waals surface area contributed by atoms with Crippen LogP contribution in [0.25, 0.3) is 0 Å². The fourth-order valence-electron chi connectivity index (χ4n) is 2.08. The van der Waals surface area contributed by atoms with E-state index in [0.717, 1.165) is 10.4 Å². The summed E-state index contributed by atoms with van der Waals surface area (Å²) in [7, 11) is -3.94. The molecule has 0 heterocycles. The Kier molecular flexibility index (Phi) is 5.68. The quantitative estimate of drug-likeness (QED) is 0.324. The van der Waals surface area contributed by atoms with Crippen LogP contribution in [0.1, 0.15) is 0 Å². The van der Waals surface area contributed by atoms with E-state index >= 15 is 0 Å². The summed E-state index contributed by atoms with van der Waals surface area (Å²) in [6, 6.07) is 10.00. The van der Waals surface area contributed by atoms with Crippen LogP contribution >= 0.6 is 27.5 Å². The first-order chi connectivity index (χ1) is 11.3. The molecule has 0 fully saturated rings. The maximum absolute atomic E-state index is 12.9. The first-order valence-corrected chi connectivity index (χ1v) is 9.60. The zero-order valence-electron chi connectivity index (χ0n) is 12.2. The maximum Gasteiger partial charge on any atom is 0.294 e. The molecule has 128 valence electrons. The Bertz CT molecular complexity index is 862. The van der Waals surface area contributed by atoms with E-state index in [4.69, 9.17) is 17.3 Å². The summed E-state index contributed by atoms with van der Waals surface area (Å²) in [5.74, 6) is 0. The van der Waals surface area contributed by atoms with Crippen molar-refractivity contribution in [1.29, 1.82) is 0 Å². The highest BCUT2D eigenvalue weighted by atomic mass is 79.9. The molecule has 0 atom stereocenters. The second-order valence-electron chi connectivity index (χ2n) is 4.70. The van der Waals surface area contributed by atoms with E-state index in [9.17, 15) is 18.5 Å². The first kappa shape index (κ1) is 18.5. The minimum absolute atomic E-state index is 0.000805. The molecule has 0 saturated heterocycles. The molecule has 0 aliphatic heterocycles. The highest BCUT2D eigenvalue weighted by molar-refractivity contribution is 9.09. The Morgan fingerprint density at radius 2 is 1.88 bits per heavy atom. The third-order valence-corrected chi connectivity index (χ3v) is 5.67. The van der Waals surface area contributed by atoms with Gasteiger partial charge in [-0.15, -0.1) is 0 Å². The highest BCUT2D eigenvalue weighted by Gasteiger charge is 2.28. The van der Waals surface area contributed by atoms with Gasteiger partial charge in [-0.1, -0.05) is 45.7 Å². The van der Waals surface area contributed by atoms with Gasteiger partial charge < -0.3 is 5.73 Å². The Morgan fingerprint density at radius 3 is 2.42 bits per heavy atom. The minimum atomic E-state index is -3.94. The number of alkyl halides is 1. The van der Waals surface area contributed by atoms with Crippen LogP contribution in [0.3, 0.4) is 0 Å². The minimum Gasteiger partial charge on any atom is -0.393 e. The van der Waals surface area contributed by atoms with Crippen molar-refractivity contribution in [2.75, 3.05) is 21.9 Å². The fourth-order valence-corrected chi connectivity index (χ4v) is 4.49. The van der Waals surface area contributed by atoms with E-state index in [1.807, 2.05) is 0 Å². The molecule has 10 heteroatoms. The standard InChI is InChI=1S/C14H13BrClN3O4S/c15-6-7-18(24(22,23)10-4-2-1-3-5-10)13-9-14(19(20)21)12(17)8-11(13)16/h1-5,8-9H,6-7,17H2. The Balaban J connectivity index is 2.64. The van der Waals surface area contributed by atoms with Crippen LogP contribution in [-0.4, -0.2) is 25.2 Å². The molecule has 0 saturated carbocycles. The lowest BCUT2D eigenvalue weighted by Gasteiger charge is -2.24. The molecule has 24 heavy (non-hydrogen) atoms. The van der Waals surface area contributed by atoms with Crippen molar-refractivity contribution in [3.05, 3.63) is 57.6 Å². The van der Waals surface area contributed by atoms with Crippen LogP contribution in [0, 0.1) is 10.1 Å². The highest BCUT2D eigenvalue weighted by Crippen LogP contribution is 2.37. The van der Waals surface area contributed by atoms with Crippen LogP contribution in [0.4, 0.5) is 17.1 Å². The van der Waals surface area contributed by atoms with Crippen molar-refractivity contribution in [3.8, 4) is 0 Å². The third-order valence-electron chi connectivity index (χ3n) is 3.18. The molecular weight excluding hydrogens is 422 g/mol. The molecule has 7 nitrogen and oxygen atoms in total. The SMILES string of the molecule is Nc1cc(Cl)c(N(CCBr)S(=O)(=O)c2ccccc2)cc1[N+](=O)[O-]. The molecule has 2 aromatic rings. The van der Waals surface area contributed by atoms with Crippen LogP contribution in [0.2, 0.25) is 5.02 Å². The predicted molar refractivity (Wildman–Crippen MR) is 97.3 cm³/mol. The van der Waals surface area contributed by atoms with Gasteiger partial charge in [0.05, 0.1) is 20.5 Å². The Hall–Kier alpha value is -1.84. The fraction of sp³-hybridized carbons (Fsp3) is 0.143. The average Bonchev–Trinajstić information content (AvgIpc) is 2.53. The largest absolute Gasteiger partial charge is 0.393 e. The summed E-state index contributed by atoms with van der Waals surface area (Å²) in [5, 5.41) is 11.4. The summed E-state index contributed by atoms with van der Waals surface area (Å²) >= 11 is 9.30. The Morgan fingerprint density at radius 1 is 1.25 bits per heavy atom. The van der Waals surface area contributed by atoms with E-state index < -0.39 is 20.6 Å².